The van der Waals surface area contributed by atoms with E-state index in [9.17, 15) is 9.90 Å². The van der Waals surface area contributed by atoms with Crippen molar-refractivity contribution in [2.24, 2.45) is 5.92 Å². The van der Waals surface area contributed by atoms with Crippen molar-refractivity contribution in [2.45, 2.75) is 45.1 Å². The minimum Gasteiger partial charge on any atom is -0.465 e. The Morgan fingerprint density at radius 2 is 1.97 bits per heavy atom. The van der Waals surface area contributed by atoms with E-state index in [1.54, 1.807) is 4.90 Å². The van der Waals surface area contributed by atoms with Crippen molar-refractivity contribution in [1.29, 1.82) is 0 Å². The van der Waals surface area contributed by atoms with Gasteiger partial charge in [-0.25, -0.2) is 9.78 Å². The quantitative estimate of drug-likeness (QED) is 0.568. The average Bonchev–Trinajstić information content (AvgIpc) is 3.06. The second-order valence-electron chi connectivity index (χ2n) is 7.86. The van der Waals surface area contributed by atoms with Gasteiger partial charge in [0.1, 0.15) is 15.9 Å². The first-order valence-corrected chi connectivity index (χ1v) is 10.8. The summed E-state index contributed by atoms with van der Waals surface area (Å²) in [4.78, 5) is 22.4. The number of aromatic nitrogens is 3. The highest BCUT2D eigenvalue weighted by Gasteiger charge is 2.28. The lowest BCUT2D eigenvalue weighted by Gasteiger charge is -2.31. The van der Waals surface area contributed by atoms with Gasteiger partial charge in [-0.3, -0.25) is 9.38 Å². The van der Waals surface area contributed by atoms with Crippen LogP contribution < -0.4 is 0 Å². The summed E-state index contributed by atoms with van der Waals surface area (Å²) in [5.41, 5.74) is 3.02. The normalized spacial score (nSPS) is 19.4. The number of hydrogen-bond acceptors (Lipinski definition) is 3. The van der Waals surface area contributed by atoms with E-state index in [2.05, 4.69) is 25.3 Å². The summed E-state index contributed by atoms with van der Waals surface area (Å²) in [6.45, 7) is 3.03. The highest BCUT2D eigenvalue weighted by Crippen LogP contribution is 2.37. The zero-order valence-electron chi connectivity index (χ0n) is 16.5. The molecule has 3 aromatic rings. The fraction of sp³-hybridized carbons (Fsp3) is 0.409. The molecule has 152 valence electrons. The molecule has 7 heteroatoms. The van der Waals surface area contributed by atoms with E-state index in [-0.39, 0.29) is 0 Å². The van der Waals surface area contributed by atoms with E-state index in [4.69, 9.17) is 4.98 Å². The van der Waals surface area contributed by atoms with Gasteiger partial charge in [-0.15, -0.1) is 0 Å². The number of nitrogens with zero attached hydrogens (tertiary/aromatic N) is 4. The highest BCUT2D eigenvalue weighted by molar-refractivity contribution is 9.10. The molecule has 0 spiro atoms. The minimum absolute atomic E-state index is 0.388. The van der Waals surface area contributed by atoms with Crippen LogP contribution in [0.25, 0.3) is 5.52 Å². The fourth-order valence-electron chi connectivity index (χ4n) is 4.39. The van der Waals surface area contributed by atoms with Gasteiger partial charge in [-0.05, 0) is 60.0 Å². The van der Waals surface area contributed by atoms with Crippen molar-refractivity contribution in [1.82, 2.24) is 19.3 Å². The second kappa shape index (κ2) is 8.53. The molecule has 1 aromatic carbocycles. The molecule has 1 aliphatic carbocycles. The van der Waals surface area contributed by atoms with Gasteiger partial charge in [0.05, 0.1) is 5.69 Å². The van der Waals surface area contributed by atoms with Crippen LogP contribution in [0.4, 0.5) is 4.79 Å². The number of amides is 1. The Morgan fingerprint density at radius 3 is 2.66 bits per heavy atom. The largest absolute Gasteiger partial charge is 0.465 e. The summed E-state index contributed by atoms with van der Waals surface area (Å²) in [5, 5.41) is 9.64. The molecule has 4 rings (SSSR count). The highest BCUT2D eigenvalue weighted by atomic mass is 79.9. The van der Waals surface area contributed by atoms with Crippen LogP contribution in [0.15, 0.2) is 47.3 Å². The summed E-state index contributed by atoms with van der Waals surface area (Å²) in [7, 11) is 0. The molecule has 2 aromatic heterocycles. The third-order valence-corrected chi connectivity index (χ3v) is 6.45. The maximum atomic E-state index is 11.7. The standard InChI is InChI=1S/C22H25BrN4O2/c1-15-19-20(23)25-21(27(19)12-11-24-15)18-9-7-17(8-10-18)14-26(22(28)29)13-16-5-3-2-4-6-16/h2-6,11-12,17-18H,7-10,13-14H2,1H3,(H,28,29). The van der Waals surface area contributed by atoms with Crippen molar-refractivity contribution in [2.75, 3.05) is 6.54 Å². The molecule has 29 heavy (non-hydrogen) atoms. The number of aryl methyl sites for hydroxylation is 1. The van der Waals surface area contributed by atoms with E-state index in [1.807, 2.05) is 49.6 Å². The van der Waals surface area contributed by atoms with Crippen LogP contribution in [0.3, 0.4) is 0 Å². The Bertz CT molecular complexity index is 997. The molecule has 0 aliphatic heterocycles. The van der Waals surface area contributed by atoms with E-state index < -0.39 is 6.09 Å². The number of rotatable bonds is 5. The number of hydrogen-bond donors (Lipinski definition) is 1. The molecule has 2 heterocycles. The van der Waals surface area contributed by atoms with Gasteiger partial charge in [-0.2, -0.15) is 0 Å². The van der Waals surface area contributed by atoms with Crippen molar-refractivity contribution in [3.05, 3.63) is 64.4 Å². The van der Waals surface area contributed by atoms with Crippen LogP contribution in [0, 0.1) is 12.8 Å². The summed E-state index contributed by atoms with van der Waals surface area (Å²) in [6.07, 6.45) is 7.03. The summed E-state index contributed by atoms with van der Waals surface area (Å²) >= 11 is 3.58. The Labute approximate surface area is 178 Å². The van der Waals surface area contributed by atoms with Gasteiger partial charge in [0.25, 0.3) is 0 Å². The Kier molecular flexibility index (Phi) is 5.85. The minimum atomic E-state index is -0.845. The number of carboxylic acid groups (broad SMARTS) is 1. The molecule has 1 fully saturated rings. The van der Waals surface area contributed by atoms with Crippen molar-refractivity contribution in [3.63, 3.8) is 0 Å². The Balaban J connectivity index is 1.42. The lowest BCUT2D eigenvalue weighted by molar-refractivity contribution is 0.126. The average molecular weight is 457 g/mol. The van der Waals surface area contributed by atoms with Crippen molar-refractivity contribution < 1.29 is 9.90 Å². The molecule has 1 aliphatic rings. The maximum Gasteiger partial charge on any atom is 0.407 e. The third kappa shape index (κ3) is 4.29. The van der Waals surface area contributed by atoms with E-state index in [0.29, 0.717) is 24.9 Å². The molecule has 0 saturated heterocycles. The number of imidazole rings is 1. The van der Waals surface area contributed by atoms with Crippen LogP contribution in [0.1, 0.15) is 48.7 Å². The van der Waals surface area contributed by atoms with Gasteiger partial charge in [0, 0.05) is 31.4 Å². The first-order valence-electron chi connectivity index (χ1n) is 10.0. The second-order valence-corrected chi connectivity index (χ2v) is 8.61. The molecule has 0 unspecified atom stereocenters. The van der Waals surface area contributed by atoms with E-state index in [1.165, 1.54) is 0 Å². The fourth-order valence-corrected chi connectivity index (χ4v) is 5.05. The molecule has 1 amide bonds. The smallest absolute Gasteiger partial charge is 0.407 e. The molecular weight excluding hydrogens is 432 g/mol. The van der Waals surface area contributed by atoms with Crippen molar-refractivity contribution in [3.8, 4) is 0 Å². The number of benzene rings is 1. The van der Waals surface area contributed by atoms with Crippen LogP contribution >= 0.6 is 15.9 Å². The first kappa shape index (κ1) is 19.9. The van der Waals surface area contributed by atoms with Gasteiger partial charge in [0.15, 0.2) is 0 Å². The predicted molar refractivity (Wildman–Crippen MR) is 115 cm³/mol. The zero-order valence-corrected chi connectivity index (χ0v) is 18.0. The number of carbonyl (C=O) groups is 1. The van der Waals surface area contributed by atoms with E-state index >= 15 is 0 Å². The summed E-state index contributed by atoms with van der Waals surface area (Å²) in [6, 6.07) is 9.80. The summed E-state index contributed by atoms with van der Waals surface area (Å²) in [5.74, 6) is 1.86. The molecule has 0 bridgehead atoms. The molecule has 1 N–H and O–H groups in total. The molecular formula is C22H25BrN4O2. The van der Waals surface area contributed by atoms with Gasteiger partial charge < -0.3 is 10.0 Å². The van der Waals surface area contributed by atoms with Gasteiger partial charge >= 0.3 is 6.09 Å². The summed E-state index contributed by atoms with van der Waals surface area (Å²) < 4.78 is 3.00. The monoisotopic (exact) mass is 456 g/mol. The third-order valence-electron chi connectivity index (χ3n) is 5.90. The van der Waals surface area contributed by atoms with Gasteiger partial charge in [-0.1, -0.05) is 30.3 Å². The van der Waals surface area contributed by atoms with Gasteiger partial charge in [0.2, 0.25) is 0 Å². The van der Waals surface area contributed by atoms with Crippen LogP contribution in [-0.2, 0) is 6.54 Å². The van der Waals surface area contributed by atoms with Crippen LogP contribution in [0.2, 0.25) is 0 Å². The van der Waals surface area contributed by atoms with Crippen LogP contribution in [0.5, 0.6) is 0 Å². The Morgan fingerprint density at radius 1 is 1.24 bits per heavy atom. The Hall–Kier alpha value is -2.41. The molecule has 6 nitrogen and oxygen atoms in total. The first-order chi connectivity index (χ1) is 14.0. The number of halogens is 1. The number of fused-ring (bicyclic) bond motifs is 1. The molecule has 0 atom stereocenters. The van der Waals surface area contributed by atoms with Crippen LogP contribution in [-0.4, -0.2) is 37.0 Å². The molecule has 0 radical (unpaired) electrons. The predicted octanol–water partition coefficient (Wildman–Crippen LogP) is 5.25. The zero-order chi connectivity index (χ0) is 20.4. The maximum absolute atomic E-state index is 11.7. The van der Waals surface area contributed by atoms with E-state index in [0.717, 1.165) is 52.9 Å². The topological polar surface area (TPSA) is 70.7 Å². The SMILES string of the molecule is Cc1nccn2c(C3CCC(CN(Cc4ccccc4)C(=O)O)CC3)nc(Br)c12. The lowest BCUT2D eigenvalue weighted by atomic mass is 9.81. The molecule has 1 saturated carbocycles. The lowest BCUT2D eigenvalue weighted by Crippen LogP contribution is -2.35. The van der Waals surface area contributed by atoms with Crippen molar-refractivity contribution >= 4 is 27.5 Å².